The van der Waals surface area contributed by atoms with Crippen molar-refractivity contribution in [2.75, 3.05) is 20.2 Å². The predicted molar refractivity (Wildman–Crippen MR) is 101 cm³/mol. The van der Waals surface area contributed by atoms with Crippen LogP contribution in [0.3, 0.4) is 0 Å². The molecule has 0 aliphatic carbocycles. The average molecular weight is 389 g/mol. The minimum Gasteiger partial charge on any atom is -0.497 e. The van der Waals surface area contributed by atoms with Crippen molar-refractivity contribution in [3.8, 4) is 5.75 Å². The highest BCUT2D eigenvalue weighted by Crippen LogP contribution is 2.25. The summed E-state index contributed by atoms with van der Waals surface area (Å²) < 4.78 is 32.2. The van der Waals surface area contributed by atoms with Crippen molar-refractivity contribution in [1.29, 1.82) is 0 Å². The molecule has 1 saturated heterocycles. The first-order chi connectivity index (χ1) is 13.0. The number of rotatable bonds is 6. The van der Waals surface area contributed by atoms with Crippen molar-refractivity contribution in [1.82, 2.24) is 14.6 Å². The summed E-state index contributed by atoms with van der Waals surface area (Å²) >= 11 is 0. The lowest BCUT2D eigenvalue weighted by Gasteiger charge is -2.31. The van der Waals surface area contributed by atoms with Gasteiger partial charge in [0.1, 0.15) is 5.75 Å². The lowest BCUT2D eigenvalue weighted by atomic mass is 9.99. The van der Waals surface area contributed by atoms with Crippen molar-refractivity contribution < 1.29 is 17.9 Å². The maximum atomic E-state index is 12.9. The number of pyridine rings is 1. The Kier molecular flexibility index (Phi) is 6.08. The van der Waals surface area contributed by atoms with Gasteiger partial charge < -0.3 is 10.1 Å². The average Bonchev–Trinajstić information content (AvgIpc) is 2.73. The smallest absolute Gasteiger partial charge is 0.243 e. The molecule has 0 spiro atoms. The molecule has 1 aliphatic heterocycles. The van der Waals surface area contributed by atoms with E-state index in [0.717, 1.165) is 5.56 Å². The number of piperidine rings is 1. The summed E-state index contributed by atoms with van der Waals surface area (Å²) in [6.07, 6.45) is 4.70. The highest BCUT2D eigenvalue weighted by molar-refractivity contribution is 7.89. The van der Waals surface area contributed by atoms with Gasteiger partial charge in [-0.2, -0.15) is 4.31 Å². The zero-order chi connectivity index (χ0) is 19.3. The van der Waals surface area contributed by atoms with Crippen molar-refractivity contribution in [2.24, 2.45) is 5.92 Å². The summed E-state index contributed by atoms with van der Waals surface area (Å²) in [5.74, 6) is 0.108. The van der Waals surface area contributed by atoms with Crippen LogP contribution in [0.2, 0.25) is 0 Å². The fourth-order valence-electron chi connectivity index (χ4n) is 3.11. The molecule has 1 aromatic carbocycles. The van der Waals surface area contributed by atoms with E-state index >= 15 is 0 Å². The topological polar surface area (TPSA) is 88.6 Å². The van der Waals surface area contributed by atoms with Crippen molar-refractivity contribution in [2.45, 2.75) is 24.3 Å². The van der Waals surface area contributed by atoms with Gasteiger partial charge in [0.05, 0.1) is 17.9 Å². The third-order valence-electron chi connectivity index (χ3n) is 4.64. The molecule has 1 aliphatic rings. The summed E-state index contributed by atoms with van der Waals surface area (Å²) in [5.41, 5.74) is 0.907. The van der Waals surface area contributed by atoms with Gasteiger partial charge in [0.25, 0.3) is 0 Å². The van der Waals surface area contributed by atoms with Crippen LogP contribution in [0.1, 0.15) is 18.4 Å². The molecule has 27 heavy (non-hydrogen) atoms. The van der Waals surface area contributed by atoms with Crippen LogP contribution in [0.25, 0.3) is 0 Å². The Balaban J connectivity index is 1.64. The SMILES string of the molecule is COc1ccc(S(=O)(=O)N2CCCC(C(=O)NCc3cccnc3)C2)cc1. The van der Waals surface area contributed by atoms with Crippen LogP contribution in [0.4, 0.5) is 0 Å². The Morgan fingerprint density at radius 1 is 1.30 bits per heavy atom. The number of nitrogens with one attached hydrogen (secondary N) is 1. The molecule has 144 valence electrons. The second kappa shape index (κ2) is 8.49. The zero-order valence-corrected chi connectivity index (χ0v) is 16.0. The lowest BCUT2D eigenvalue weighted by Crippen LogP contribution is -2.45. The molecule has 2 heterocycles. The normalized spacial score (nSPS) is 18.0. The zero-order valence-electron chi connectivity index (χ0n) is 15.2. The van der Waals surface area contributed by atoms with Crippen LogP contribution < -0.4 is 10.1 Å². The highest BCUT2D eigenvalue weighted by Gasteiger charge is 2.33. The number of hydrogen-bond donors (Lipinski definition) is 1. The predicted octanol–water partition coefficient (Wildman–Crippen LogP) is 1.81. The number of hydrogen-bond acceptors (Lipinski definition) is 5. The van der Waals surface area contributed by atoms with Crippen LogP contribution in [-0.2, 0) is 21.4 Å². The van der Waals surface area contributed by atoms with Crippen molar-refractivity contribution in [3.63, 3.8) is 0 Å². The quantitative estimate of drug-likeness (QED) is 0.814. The monoisotopic (exact) mass is 389 g/mol. The molecule has 2 aromatic rings. The van der Waals surface area contributed by atoms with E-state index in [2.05, 4.69) is 10.3 Å². The van der Waals surface area contributed by atoms with Crippen LogP contribution >= 0.6 is 0 Å². The van der Waals surface area contributed by atoms with Gasteiger partial charge in [0.15, 0.2) is 0 Å². The number of aromatic nitrogens is 1. The standard InChI is InChI=1S/C19H23N3O4S/c1-26-17-6-8-18(9-7-17)27(24,25)22-11-3-5-16(14-22)19(23)21-13-15-4-2-10-20-12-15/h2,4,6-10,12,16H,3,5,11,13-14H2,1H3,(H,21,23). The molecule has 1 N–H and O–H groups in total. The number of carbonyl (C=O) groups is 1. The summed E-state index contributed by atoms with van der Waals surface area (Å²) in [6.45, 7) is 0.988. The van der Waals surface area contributed by atoms with Gasteiger partial charge in [-0.15, -0.1) is 0 Å². The molecule has 1 fully saturated rings. The number of amides is 1. The van der Waals surface area contributed by atoms with Gasteiger partial charge in [-0.1, -0.05) is 6.07 Å². The number of methoxy groups -OCH3 is 1. The Bertz CT molecular complexity index is 870. The molecule has 0 saturated carbocycles. The molecule has 0 radical (unpaired) electrons. The number of benzene rings is 1. The van der Waals surface area contributed by atoms with E-state index in [1.165, 1.54) is 23.5 Å². The second-order valence-electron chi connectivity index (χ2n) is 6.46. The number of nitrogens with zero attached hydrogens (tertiary/aromatic N) is 2. The molecule has 0 bridgehead atoms. The van der Waals surface area contributed by atoms with E-state index in [9.17, 15) is 13.2 Å². The van der Waals surface area contributed by atoms with Crippen molar-refractivity contribution >= 4 is 15.9 Å². The van der Waals surface area contributed by atoms with Crippen LogP contribution in [0, 0.1) is 5.92 Å². The Morgan fingerprint density at radius 3 is 2.74 bits per heavy atom. The van der Waals surface area contributed by atoms with Gasteiger partial charge >= 0.3 is 0 Å². The van der Waals surface area contributed by atoms with E-state index in [1.54, 1.807) is 24.5 Å². The fourth-order valence-corrected chi connectivity index (χ4v) is 4.63. The first-order valence-electron chi connectivity index (χ1n) is 8.81. The van der Waals surface area contributed by atoms with E-state index in [1.807, 2.05) is 12.1 Å². The highest BCUT2D eigenvalue weighted by atomic mass is 32.2. The number of carbonyl (C=O) groups excluding carboxylic acids is 1. The first kappa shape index (κ1) is 19.3. The molecular formula is C19H23N3O4S. The van der Waals surface area contributed by atoms with Crippen LogP contribution in [0.15, 0.2) is 53.7 Å². The van der Waals surface area contributed by atoms with Gasteiger partial charge in [0.2, 0.25) is 15.9 Å². The van der Waals surface area contributed by atoms with Gasteiger partial charge in [-0.3, -0.25) is 9.78 Å². The second-order valence-corrected chi connectivity index (χ2v) is 8.39. The largest absolute Gasteiger partial charge is 0.497 e. The maximum absolute atomic E-state index is 12.9. The maximum Gasteiger partial charge on any atom is 0.243 e. The molecule has 1 aromatic heterocycles. The molecule has 3 rings (SSSR count). The minimum atomic E-state index is -3.63. The van der Waals surface area contributed by atoms with Gasteiger partial charge in [0, 0.05) is 32.0 Å². The van der Waals surface area contributed by atoms with Crippen LogP contribution in [-0.4, -0.2) is 43.8 Å². The molecular weight excluding hydrogens is 366 g/mol. The summed E-state index contributed by atoms with van der Waals surface area (Å²) in [5, 5.41) is 2.88. The number of sulfonamides is 1. The Labute approximate surface area is 159 Å². The van der Waals surface area contributed by atoms with Crippen LogP contribution in [0.5, 0.6) is 5.75 Å². The summed E-state index contributed by atoms with van der Waals surface area (Å²) in [6, 6.07) is 9.99. The van der Waals surface area contributed by atoms with E-state index in [-0.39, 0.29) is 23.3 Å². The van der Waals surface area contributed by atoms with Gasteiger partial charge in [-0.05, 0) is 48.7 Å². The summed E-state index contributed by atoms with van der Waals surface area (Å²) in [7, 11) is -2.10. The molecule has 8 heteroatoms. The minimum absolute atomic E-state index is 0.131. The first-order valence-corrected chi connectivity index (χ1v) is 10.3. The van der Waals surface area contributed by atoms with Crippen molar-refractivity contribution in [3.05, 3.63) is 54.4 Å². The molecule has 1 unspecified atom stereocenters. The van der Waals surface area contributed by atoms with Gasteiger partial charge in [-0.25, -0.2) is 8.42 Å². The molecule has 7 nitrogen and oxygen atoms in total. The molecule has 1 amide bonds. The lowest BCUT2D eigenvalue weighted by molar-refractivity contribution is -0.126. The van der Waals surface area contributed by atoms with E-state index in [0.29, 0.717) is 31.7 Å². The molecule has 1 atom stereocenters. The van der Waals surface area contributed by atoms with E-state index in [4.69, 9.17) is 4.74 Å². The van der Waals surface area contributed by atoms with E-state index < -0.39 is 10.0 Å². The third-order valence-corrected chi connectivity index (χ3v) is 6.52. The number of ether oxygens (including phenoxy) is 1. The fraction of sp³-hybridized carbons (Fsp3) is 0.368. The third kappa shape index (κ3) is 4.64. The summed E-state index contributed by atoms with van der Waals surface area (Å²) in [4.78, 5) is 16.7. The Morgan fingerprint density at radius 2 is 2.07 bits per heavy atom. The Hall–Kier alpha value is -2.45.